The van der Waals surface area contributed by atoms with E-state index in [1.807, 2.05) is 12.1 Å². The molecule has 1 aromatic carbocycles. The molecule has 0 radical (unpaired) electrons. The van der Waals surface area contributed by atoms with E-state index in [9.17, 15) is 14.4 Å². The fraction of sp³-hybridized carbons (Fsp3) is 0.409. The van der Waals surface area contributed by atoms with Crippen LogP contribution in [0.2, 0.25) is 0 Å². The molecule has 0 spiro atoms. The molecule has 29 heavy (non-hydrogen) atoms. The van der Waals surface area contributed by atoms with Crippen molar-refractivity contribution in [2.45, 2.75) is 51.6 Å². The zero-order chi connectivity index (χ0) is 20.6. The lowest BCUT2D eigenvalue weighted by Gasteiger charge is -2.32. The molecule has 0 unspecified atom stereocenters. The molecule has 2 aliphatic rings. The Morgan fingerprint density at radius 1 is 1.24 bits per heavy atom. The third-order valence-electron chi connectivity index (χ3n) is 5.44. The zero-order valence-corrected chi connectivity index (χ0v) is 17.3. The van der Waals surface area contributed by atoms with Crippen molar-refractivity contribution < 1.29 is 23.9 Å². The van der Waals surface area contributed by atoms with Crippen molar-refractivity contribution in [2.75, 3.05) is 11.9 Å². The number of amides is 1. The van der Waals surface area contributed by atoms with Crippen LogP contribution in [0.3, 0.4) is 0 Å². The summed E-state index contributed by atoms with van der Waals surface area (Å²) in [6.07, 6.45) is 4.04. The van der Waals surface area contributed by atoms with Gasteiger partial charge in [0.25, 0.3) is 5.91 Å². The average molecular weight is 413 g/mol. The van der Waals surface area contributed by atoms with Gasteiger partial charge >= 0.3 is 11.9 Å². The van der Waals surface area contributed by atoms with Crippen LogP contribution in [-0.2, 0) is 33.5 Å². The van der Waals surface area contributed by atoms with E-state index in [0.717, 1.165) is 41.7 Å². The van der Waals surface area contributed by atoms with Gasteiger partial charge in [0, 0.05) is 11.3 Å². The van der Waals surface area contributed by atoms with Gasteiger partial charge in [0.2, 0.25) is 0 Å². The lowest BCUT2D eigenvalue weighted by molar-refractivity contribution is -0.134. The number of benzene rings is 1. The number of hydrogen-bond donors (Lipinski definition) is 1. The summed E-state index contributed by atoms with van der Waals surface area (Å²) in [6.45, 7) is 3.63. The molecule has 2 heterocycles. The molecule has 7 heteroatoms. The topological polar surface area (TPSA) is 81.7 Å². The Kier molecular flexibility index (Phi) is 5.17. The SMILES string of the molecule is CCOC(=O)c1c(NC(=O)[C@]2(C)Cc3ccccc3C(=O)O2)sc2c1CCCC2. The first-order valence-electron chi connectivity index (χ1n) is 9.87. The maximum Gasteiger partial charge on any atom is 0.341 e. The van der Waals surface area contributed by atoms with Crippen LogP contribution in [0.1, 0.15) is 63.4 Å². The van der Waals surface area contributed by atoms with Gasteiger partial charge < -0.3 is 14.8 Å². The summed E-state index contributed by atoms with van der Waals surface area (Å²) in [5, 5.41) is 3.35. The van der Waals surface area contributed by atoms with Crippen LogP contribution < -0.4 is 5.32 Å². The van der Waals surface area contributed by atoms with Gasteiger partial charge in [-0.1, -0.05) is 18.2 Å². The van der Waals surface area contributed by atoms with Crippen molar-refractivity contribution >= 4 is 34.2 Å². The van der Waals surface area contributed by atoms with Crippen molar-refractivity contribution in [3.05, 3.63) is 51.4 Å². The predicted octanol–water partition coefficient (Wildman–Crippen LogP) is 3.91. The van der Waals surface area contributed by atoms with Crippen LogP contribution in [0.5, 0.6) is 0 Å². The summed E-state index contributed by atoms with van der Waals surface area (Å²) < 4.78 is 10.8. The number of nitrogens with one attached hydrogen (secondary N) is 1. The maximum absolute atomic E-state index is 13.2. The highest BCUT2D eigenvalue weighted by molar-refractivity contribution is 7.17. The molecule has 0 saturated heterocycles. The molecule has 1 atom stereocenters. The van der Waals surface area contributed by atoms with Crippen LogP contribution in [0, 0.1) is 0 Å². The number of aryl methyl sites for hydroxylation is 1. The van der Waals surface area contributed by atoms with E-state index >= 15 is 0 Å². The molecule has 0 bridgehead atoms. The molecule has 0 fully saturated rings. The van der Waals surface area contributed by atoms with E-state index in [1.54, 1.807) is 26.0 Å². The Bertz CT molecular complexity index is 995. The van der Waals surface area contributed by atoms with Crippen molar-refractivity contribution in [1.82, 2.24) is 0 Å². The van der Waals surface area contributed by atoms with Crippen LogP contribution in [0.4, 0.5) is 5.00 Å². The van der Waals surface area contributed by atoms with Gasteiger partial charge in [0.05, 0.1) is 17.7 Å². The van der Waals surface area contributed by atoms with E-state index in [0.29, 0.717) is 16.1 Å². The second-order valence-electron chi connectivity index (χ2n) is 7.54. The van der Waals surface area contributed by atoms with Crippen LogP contribution in [-0.4, -0.2) is 30.1 Å². The number of rotatable bonds is 4. The van der Waals surface area contributed by atoms with E-state index in [-0.39, 0.29) is 13.0 Å². The monoisotopic (exact) mass is 413 g/mol. The van der Waals surface area contributed by atoms with Gasteiger partial charge in [0.1, 0.15) is 5.00 Å². The lowest BCUT2D eigenvalue weighted by Crippen LogP contribution is -2.48. The minimum atomic E-state index is -1.35. The lowest BCUT2D eigenvalue weighted by atomic mass is 9.89. The standard InChI is InChI=1S/C22H23NO5S/c1-3-27-20(25)17-15-10-6-7-11-16(15)29-18(17)23-21(26)22(2)12-13-8-4-5-9-14(13)19(24)28-22/h4-5,8-9H,3,6-7,10-12H2,1-2H3,(H,23,26)/t22-/m0/s1. The molecule has 6 nitrogen and oxygen atoms in total. The predicted molar refractivity (Wildman–Crippen MR) is 110 cm³/mol. The van der Waals surface area contributed by atoms with E-state index in [1.165, 1.54) is 11.3 Å². The van der Waals surface area contributed by atoms with Crippen LogP contribution in [0.15, 0.2) is 24.3 Å². The van der Waals surface area contributed by atoms with E-state index in [2.05, 4.69) is 5.32 Å². The van der Waals surface area contributed by atoms with Gasteiger partial charge in [-0.3, -0.25) is 4.79 Å². The average Bonchev–Trinajstić information content (AvgIpc) is 3.06. The fourth-order valence-electron chi connectivity index (χ4n) is 3.97. The van der Waals surface area contributed by atoms with Crippen molar-refractivity contribution in [1.29, 1.82) is 0 Å². The molecule has 4 rings (SSSR count). The van der Waals surface area contributed by atoms with Gasteiger partial charge in [-0.2, -0.15) is 0 Å². The molecule has 1 aliphatic heterocycles. The van der Waals surface area contributed by atoms with E-state index < -0.39 is 23.4 Å². The number of fused-ring (bicyclic) bond motifs is 2. The minimum absolute atomic E-state index is 0.267. The molecule has 1 N–H and O–H groups in total. The Balaban J connectivity index is 1.64. The fourth-order valence-corrected chi connectivity index (χ4v) is 5.24. The van der Waals surface area contributed by atoms with E-state index in [4.69, 9.17) is 9.47 Å². The molecule has 152 valence electrons. The molecular formula is C22H23NO5S. The van der Waals surface area contributed by atoms with Gasteiger partial charge in [-0.05, 0) is 56.7 Å². The molecule has 0 saturated carbocycles. The summed E-state index contributed by atoms with van der Waals surface area (Å²) in [6, 6.07) is 7.13. The Morgan fingerprint density at radius 2 is 2.00 bits per heavy atom. The summed E-state index contributed by atoms with van der Waals surface area (Å²) in [5.41, 5.74) is 1.34. The smallest absolute Gasteiger partial charge is 0.341 e. The summed E-state index contributed by atoms with van der Waals surface area (Å²) in [7, 11) is 0. The number of ether oxygens (including phenoxy) is 2. The molecule has 1 aliphatic carbocycles. The van der Waals surface area contributed by atoms with Crippen molar-refractivity contribution in [3.63, 3.8) is 0 Å². The summed E-state index contributed by atoms with van der Waals surface area (Å²) in [4.78, 5) is 39.3. The highest BCUT2D eigenvalue weighted by Gasteiger charge is 2.43. The third kappa shape index (κ3) is 3.55. The van der Waals surface area contributed by atoms with Crippen molar-refractivity contribution in [2.24, 2.45) is 0 Å². The Morgan fingerprint density at radius 3 is 2.79 bits per heavy atom. The first-order chi connectivity index (χ1) is 13.9. The number of anilines is 1. The van der Waals surface area contributed by atoms with Gasteiger partial charge in [-0.15, -0.1) is 11.3 Å². The number of thiophene rings is 1. The second kappa shape index (κ2) is 7.63. The quantitative estimate of drug-likeness (QED) is 0.769. The first kappa shape index (κ1) is 19.6. The van der Waals surface area contributed by atoms with Gasteiger partial charge in [-0.25, -0.2) is 9.59 Å². The second-order valence-corrected chi connectivity index (χ2v) is 8.65. The molecule has 2 aromatic rings. The Hall–Kier alpha value is -2.67. The largest absolute Gasteiger partial charge is 0.462 e. The molecule has 1 aromatic heterocycles. The zero-order valence-electron chi connectivity index (χ0n) is 16.5. The molecular weight excluding hydrogens is 390 g/mol. The number of hydrogen-bond acceptors (Lipinski definition) is 6. The van der Waals surface area contributed by atoms with Crippen LogP contribution >= 0.6 is 11.3 Å². The van der Waals surface area contributed by atoms with Crippen LogP contribution in [0.25, 0.3) is 0 Å². The number of cyclic esters (lactones) is 1. The van der Waals surface area contributed by atoms with Gasteiger partial charge in [0.15, 0.2) is 5.60 Å². The minimum Gasteiger partial charge on any atom is -0.462 e. The third-order valence-corrected chi connectivity index (χ3v) is 6.65. The summed E-state index contributed by atoms with van der Waals surface area (Å²) >= 11 is 1.42. The number of carbonyl (C=O) groups is 3. The first-order valence-corrected chi connectivity index (χ1v) is 10.7. The maximum atomic E-state index is 13.2. The number of carbonyl (C=O) groups excluding carboxylic acids is 3. The number of esters is 2. The van der Waals surface area contributed by atoms with Crippen molar-refractivity contribution in [3.8, 4) is 0 Å². The normalized spacial score (nSPS) is 20.3. The summed E-state index contributed by atoms with van der Waals surface area (Å²) in [5.74, 6) is -1.37. The highest BCUT2D eigenvalue weighted by Crippen LogP contribution is 2.39. The highest BCUT2D eigenvalue weighted by atomic mass is 32.1. The molecule has 1 amide bonds. The Labute approximate surface area is 173 Å².